The molecule has 0 aliphatic heterocycles. The second-order valence-corrected chi connectivity index (χ2v) is 3.78. The predicted molar refractivity (Wildman–Crippen MR) is 61.6 cm³/mol. The Labute approximate surface area is 98.1 Å². The van der Waals surface area contributed by atoms with Crippen LogP contribution in [0.25, 0.3) is 10.8 Å². The molecular formula is C13H11O4-. The highest BCUT2D eigenvalue weighted by molar-refractivity contribution is 6.07. The fraction of sp³-hybridized carbons (Fsp3) is 0.154. The largest absolute Gasteiger partial charge is 0.872 e. The zero-order valence-electron chi connectivity index (χ0n) is 9.48. The van der Waals surface area contributed by atoms with Crippen LogP contribution in [-0.4, -0.2) is 18.2 Å². The third-order valence-electron chi connectivity index (χ3n) is 2.73. The van der Waals surface area contributed by atoms with Crippen LogP contribution in [0, 0.1) is 6.92 Å². The van der Waals surface area contributed by atoms with Gasteiger partial charge in [-0.2, -0.15) is 0 Å². The van der Waals surface area contributed by atoms with E-state index in [0.29, 0.717) is 11.1 Å². The Kier molecular flexibility index (Phi) is 2.63. The monoisotopic (exact) mass is 231 g/mol. The van der Waals surface area contributed by atoms with Gasteiger partial charge in [0, 0.05) is 0 Å². The third-order valence-corrected chi connectivity index (χ3v) is 2.73. The lowest BCUT2D eigenvalue weighted by Gasteiger charge is -2.15. The van der Waals surface area contributed by atoms with Gasteiger partial charge in [0.1, 0.15) is 5.75 Å². The van der Waals surface area contributed by atoms with Crippen molar-refractivity contribution in [3.8, 4) is 11.5 Å². The van der Waals surface area contributed by atoms with E-state index < -0.39 is 11.7 Å². The first kappa shape index (κ1) is 11.3. The van der Waals surface area contributed by atoms with Gasteiger partial charge in [-0.05, 0) is 35.4 Å². The van der Waals surface area contributed by atoms with Gasteiger partial charge in [-0.15, -0.1) is 0 Å². The fourth-order valence-corrected chi connectivity index (χ4v) is 1.91. The van der Waals surface area contributed by atoms with Crippen LogP contribution in [0.15, 0.2) is 24.3 Å². The minimum Gasteiger partial charge on any atom is -0.872 e. The van der Waals surface area contributed by atoms with Gasteiger partial charge in [0.15, 0.2) is 0 Å². The Bertz CT molecular complexity index is 602. The maximum Gasteiger partial charge on any atom is 0.335 e. The standard InChI is InChI=1S/C13H12O4/c1-7-5-8(17-2)6-10-9(7)3-4-11(14)12(10)13(15)16/h3-6,14H,1-2H3,(H,15,16)/p-1. The van der Waals surface area contributed by atoms with Gasteiger partial charge in [0.05, 0.1) is 12.7 Å². The Morgan fingerprint density at radius 1 is 1.29 bits per heavy atom. The summed E-state index contributed by atoms with van der Waals surface area (Å²) in [6.07, 6.45) is 0. The normalized spacial score (nSPS) is 10.5. The van der Waals surface area contributed by atoms with E-state index in [9.17, 15) is 9.90 Å². The van der Waals surface area contributed by atoms with Crippen molar-refractivity contribution < 1.29 is 19.7 Å². The van der Waals surface area contributed by atoms with Gasteiger partial charge in [-0.1, -0.05) is 17.9 Å². The van der Waals surface area contributed by atoms with E-state index in [1.165, 1.54) is 13.2 Å². The summed E-state index contributed by atoms with van der Waals surface area (Å²) in [5.41, 5.74) is 0.673. The molecule has 88 valence electrons. The van der Waals surface area contributed by atoms with E-state index in [2.05, 4.69) is 0 Å². The molecule has 0 saturated carbocycles. The molecule has 0 amide bonds. The summed E-state index contributed by atoms with van der Waals surface area (Å²) < 4.78 is 5.08. The van der Waals surface area contributed by atoms with Crippen LogP contribution in [-0.2, 0) is 0 Å². The Morgan fingerprint density at radius 3 is 2.59 bits per heavy atom. The number of hydrogen-bond acceptors (Lipinski definition) is 3. The molecule has 0 unspecified atom stereocenters. The highest BCUT2D eigenvalue weighted by atomic mass is 16.5. The third kappa shape index (κ3) is 1.78. The molecule has 2 rings (SSSR count). The van der Waals surface area contributed by atoms with E-state index in [-0.39, 0.29) is 5.56 Å². The summed E-state index contributed by atoms with van der Waals surface area (Å²) in [7, 11) is 1.50. The van der Waals surface area contributed by atoms with Crippen LogP contribution in [0.2, 0.25) is 0 Å². The Hall–Kier alpha value is -2.23. The Morgan fingerprint density at radius 2 is 2.00 bits per heavy atom. The molecule has 4 nitrogen and oxygen atoms in total. The maximum atomic E-state index is 11.6. The molecule has 0 spiro atoms. The fourth-order valence-electron chi connectivity index (χ4n) is 1.91. The molecule has 0 saturated heterocycles. The van der Waals surface area contributed by atoms with Crippen LogP contribution < -0.4 is 9.84 Å². The molecular weight excluding hydrogens is 220 g/mol. The van der Waals surface area contributed by atoms with Crippen LogP contribution in [0.1, 0.15) is 15.9 Å². The van der Waals surface area contributed by atoms with Crippen LogP contribution in [0.4, 0.5) is 0 Å². The number of rotatable bonds is 2. The molecule has 0 bridgehead atoms. The minimum atomic E-state index is -1.21. The smallest absolute Gasteiger partial charge is 0.335 e. The number of aromatic carboxylic acids is 1. The van der Waals surface area contributed by atoms with Crippen LogP contribution in [0.5, 0.6) is 11.5 Å². The topological polar surface area (TPSA) is 69.6 Å². The van der Waals surface area contributed by atoms with Gasteiger partial charge in [-0.3, -0.25) is 0 Å². The molecule has 17 heavy (non-hydrogen) atoms. The molecule has 0 radical (unpaired) electrons. The molecule has 0 aliphatic carbocycles. The number of carbonyl (C=O) groups is 1. The first-order valence-electron chi connectivity index (χ1n) is 5.06. The summed E-state index contributed by atoms with van der Waals surface area (Å²) >= 11 is 0. The van der Waals surface area contributed by atoms with E-state index in [0.717, 1.165) is 10.9 Å². The number of ether oxygens (including phenoxy) is 1. The molecule has 0 aliphatic rings. The second-order valence-electron chi connectivity index (χ2n) is 3.78. The summed E-state index contributed by atoms with van der Waals surface area (Å²) in [6.45, 7) is 1.85. The van der Waals surface area contributed by atoms with Crippen molar-refractivity contribution in [3.05, 3.63) is 35.4 Å². The lowest BCUT2D eigenvalue weighted by Crippen LogP contribution is -2.05. The van der Waals surface area contributed by atoms with Crippen molar-refractivity contribution in [2.45, 2.75) is 6.92 Å². The average molecular weight is 231 g/mol. The number of carboxylic acids is 1. The van der Waals surface area contributed by atoms with E-state index in [1.807, 2.05) is 6.92 Å². The first-order chi connectivity index (χ1) is 8.04. The summed E-state index contributed by atoms with van der Waals surface area (Å²) in [4.78, 5) is 11.1. The summed E-state index contributed by atoms with van der Waals surface area (Å²) in [6, 6.07) is 6.30. The molecule has 1 N–H and O–H groups in total. The first-order valence-corrected chi connectivity index (χ1v) is 5.06. The van der Waals surface area contributed by atoms with Crippen LogP contribution >= 0.6 is 0 Å². The molecule has 2 aromatic rings. The highest BCUT2D eigenvalue weighted by Gasteiger charge is 2.12. The van der Waals surface area contributed by atoms with Gasteiger partial charge in [-0.25, -0.2) is 4.79 Å². The van der Waals surface area contributed by atoms with Crippen molar-refractivity contribution in [1.29, 1.82) is 0 Å². The van der Waals surface area contributed by atoms with Gasteiger partial charge in [0.2, 0.25) is 0 Å². The molecule has 0 fully saturated rings. The summed E-state index contributed by atoms with van der Waals surface area (Å²) in [5, 5.41) is 21.8. The lowest BCUT2D eigenvalue weighted by molar-refractivity contribution is -0.268. The SMILES string of the molecule is COc1cc(C)c2ccc([O-])c(C(=O)O)c2c1. The number of carboxylic acid groups (broad SMARTS) is 1. The Balaban J connectivity index is 2.91. The van der Waals surface area contributed by atoms with Gasteiger partial charge >= 0.3 is 5.97 Å². The zero-order chi connectivity index (χ0) is 12.6. The molecule has 4 heteroatoms. The highest BCUT2D eigenvalue weighted by Crippen LogP contribution is 2.31. The summed E-state index contributed by atoms with van der Waals surface area (Å²) in [5.74, 6) is -1.16. The number of hydrogen-bond donors (Lipinski definition) is 1. The predicted octanol–water partition coefficient (Wildman–Crippen LogP) is 1.93. The second kappa shape index (κ2) is 3.97. The van der Waals surface area contributed by atoms with Crippen molar-refractivity contribution in [2.24, 2.45) is 0 Å². The van der Waals surface area contributed by atoms with E-state index >= 15 is 0 Å². The van der Waals surface area contributed by atoms with Gasteiger partial charge in [0.25, 0.3) is 0 Å². The molecule has 2 aromatic carbocycles. The van der Waals surface area contributed by atoms with Crippen molar-refractivity contribution >= 4 is 16.7 Å². The number of aryl methyl sites for hydroxylation is 1. The zero-order valence-corrected chi connectivity index (χ0v) is 9.48. The van der Waals surface area contributed by atoms with E-state index in [4.69, 9.17) is 9.84 Å². The van der Waals surface area contributed by atoms with Crippen molar-refractivity contribution in [3.63, 3.8) is 0 Å². The van der Waals surface area contributed by atoms with Crippen molar-refractivity contribution in [2.75, 3.05) is 7.11 Å². The van der Waals surface area contributed by atoms with Crippen molar-refractivity contribution in [1.82, 2.24) is 0 Å². The number of benzene rings is 2. The van der Waals surface area contributed by atoms with Crippen LogP contribution in [0.3, 0.4) is 0 Å². The molecule has 0 atom stereocenters. The molecule has 0 aromatic heterocycles. The molecule has 0 heterocycles. The maximum absolute atomic E-state index is 11.6. The quantitative estimate of drug-likeness (QED) is 0.857. The average Bonchev–Trinajstić information content (AvgIpc) is 2.27. The van der Waals surface area contributed by atoms with Gasteiger partial charge < -0.3 is 14.9 Å². The van der Waals surface area contributed by atoms with E-state index in [1.54, 1.807) is 18.2 Å². The lowest BCUT2D eigenvalue weighted by atomic mass is 9.99. The number of fused-ring (bicyclic) bond motifs is 1. The number of methoxy groups -OCH3 is 1. The minimum absolute atomic E-state index is 0.204.